The molecule has 1 N–H and O–H groups in total. The molecule has 3 aromatic rings. The number of hydrogen-bond donors (Lipinski definition) is 1. The van der Waals surface area contributed by atoms with Crippen molar-refractivity contribution in [2.24, 2.45) is 0 Å². The van der Waals surface area contributed by atoms with Gasteiger partial charge in [0.05, 0.1) is 17.6 Å². The summed E-state index contributed by atoms with van der Waals surface area (Å²) in [7, 11) is 0. The van der Waals surface area contributed by atoms with E-state index in [4.69, 9.17) is 9.97 Å². The third-order valence-corrected chi connectivity index (χ3v) is 5.58. The topological polar surface area (TPSA) is 66.3 Å². The molecule has 132 valence electrons. The number of likely N-dealkylation sites (tertiary alicyclic amines) is 1. The van der Waals surface area contributed by atoms with Crippen LogP contribution in [0.1, 0.15) is 29.0 Å². The van der Waals surface area contributed by atoms with E-state index in [1.165, 1.54) is 24.6 Å². The van der Waals surface area contributed by atoms with Crippen LogP contribution in [-0.2, 0) is 6.54 Å². The molecular formula is C20H19N3O2S. The molecule has 0 radical (unpaired) electrons. The van der Waals surface area contributed by atoms with E-state index in [0.717, 1.165) is 41.4 Å². The van der Waals surface area contributed by atoms with Crippen LogP contribution in [0.25, 0.3) is 10.9 Å². The van der Waals surface area contributed by atoms with Gasteiger partial charge in [0, 0.05) is 10.3 Å². The molecule has 2 aromatic carbocycles. The molecular weight excluding hydrogens is 346 g/mol. The monoisotopic (exact) mass is 365 g/mol. The lowest BCUT2D eigenvalue weighted by atomic mass is 10.2. The number of aromatic carboxylic acids is 1. The van der Waals surface area contributed by atoms with Crippen LogP contribution in [0.5, 0.6) is 0 Å². The quantitative estimate of drug-likeness (QED) is 0.688. The number of benzene rings is 2. The predicted molar refractivity (Wildman–Crippen MR) is 102 cm³/mol. The van der Waals surface area contributed by atoms with Crippen molar-refractivity contribution in [2.45, 2.75) is 29.3 Å². The summed E-state index contributed by atoms with van der Waals surface area (Å²) in [5, 5.41) is 11.2. The van der Waals surface area contributed by atoms with Crippen LogP contribution >= 0.6 is 11.8 Å². The van der Waals surface area contributed by atoms with Crippen LogP contribution in [0.2, 0.25) is 0 Å². The van der Waals surface area contributed by atoms with Crippen LogP contribution in [-0.4, -0.2) is 39.0 Å². The standard InChI is InChI=1S/C20H19N3O2S/c24-20(25)15-8-2-4-10-17(15)26-19-14-7-1-3-9-16(14)21-18(22-19)13-23-11-5-6-12-23/h1-4,7-10H,5-6,11-13H2,(H,24,25). The molecule has 5 nitrogen and oxygen atoms in total. The summed E-state index contributed by atoms with van der Waals surface area (Å²) in [5.74, 6) is -0.135. The average molecular weight is 365 g/mol. The minimum atomic E-state index is -0.927. The van der Waals surface area contributed by atoms with Gasteiger partial charge in [0.2, 0.25) is 0 Å². The van der Waals surface area contributed by atoms with Gasteiger partial charge in [-0.3, -0.25) is 4.90 Å². The number of para-hydroxylation sites is 1. The number of nitrogens with zero attached hydrogens (tertiary/aromatic N) is 3. The number of rotatable bonds is 5. The highest BCUT2D eigenvalue weighted by atomic mass is 32.2. The molecule has 26 heavy (non-hydrogen) atoms. The Morgan fingerprint density at radius 1 is 1.04 bits per heavy atom. The van der Waals surface area contributed by atoms with E-state index in [0.29, 0.717) is 10.5 Å². The van der Waals surface area contributed by atoms with E-state index in [9.17, 15) is 9.90 Å². The van der Waals surface area contributed by atoms with E-state index in [1.807, 2.05) is 36.4 Å². The van der Waals surface area contributed by atoms with Crippen molar-refractivity contribution >= 4 is 28.6 Å². The average Bonchev–Trinajstić information content (AvgIpc) is 3.15. The van der Waals surface area contributed by atoms with Gasteiger partial charge in [0.1, 0.15) is 10.9 Å². The SMILES string of the molecule is O=C(O)c1ccccc1Sc1nc(CN2CCCC2)nc2ccccc12. The Kier molecular flexibility index (Phi) is 4.86. The van der Waals surface area contributed by atoms with E-state index in [1.54, 1.807) is 12.1 Å². The second kappa shape index (κ2) is 7.43. The fourth-order valence-electron chi connectivity index (χ4n) is 3.22. The number of carboxylic acid groups (broad SMARTS) is 1. The summed E-state index contributed by atoms with van der Waals surface area (Å²) in [5.41, 5.74) is 1.19. The van der Waals surface area contributed by atoms with Gasteiger partial charge in [-0.2, -0.15) is 0 Å². The molecule has 0 amide bonds. The van der Waals surface area contributed by atoms with Crippen molar-refractivity contribution in [1.29, 1.82) is 0 Å². The summed E-state index contributed by atoms with van der Waals surface area (Å²) in [6.07, 6.45) is 2.45. The zero-order valence-electron chi connectivity index (χ0n) is 14.3. The molecule has 0 saturated carbocycles. The largest absolute Gasteiger partial charge is 0.478 e. The number of carbonyl (C=O) groups is 1. The minimum absolute atomic E-state index is 0.293. The van der Waals surface area contributed by atoms with Gasteiger partial charge in [0.25, 0.3) is 0 Å². The second-order valence-corrected chi connectivity index (χ2v) is 7.38. The summed E-state index contributed by atoms with van der Waals surface area (Å²) >= 11 is 1.39. The third kappa shape index (κ3) is 3.57. The number of hydrogen-bond acceptors (Lipinski definition) is 5. The summed E-state index contributed by atoms with van der Waals surface area (Å²) in [4.78, 5) is 24.1. The fourth-order valence-corrected chi connectivity index (χ4v) is 4.27. The van der Waals surface area contributed by atoms with Gasteiger partial charge in [-0.05, 0) is 44.1 Å². The Morgan fingerprint density at radius 3 is 2.58 bits per heavy atom. The summed E-state index contributed by atoms with van der Waals surface area (Å²) in [6, 6.07) is 14.9. The molecule has 0 unspecified atom stereocenters. The maximum Gasteiger partial charge on any atom is 0.336 e. The Hall–Kier alpha value is -2.44. The number of fused-ring (bicyclic) bond motifs is 1. The predicted octanol–water partition coefficient (Wildman–Crippen LogP) is 4.08. The van der Waals surface area contributed by atoms with Gasteiger partial charge in [0.15, 0.2) is 0 Å². The van der Waals surface area contributed by atoms with Gasteiger partial charge in [-0.15, -0.1) is 0 Å². The fraction of sp³-hybridized carbons (Fsp3) is 0.250. The first-order valence-corrected chi connectivity index (χ1v) is 9.50. The van der Waals surface area contributed by atoms with Crippen molar-refractivity contribution < 1.29 is 9.90 Å². The Labute approximate surface area is 156 Å². The van der Waals surface area contributed by atoms with Crippen molar-refractivity contribution in [3.05, 3.63) is 59.9 Å². The molecule has 1 fully saturated rings. The molecule has 2 heterocycles. The Bertz CT molecular complexity index is 955. The van der Waals surface area contributed by atoms with E-state index < -0.39 is 5.97 Å². The number of carboxylic acids is 1. The normalized spacial score (nSPS) is 14.8. The van der Waals surface area contributed by atoms with Crippen LogP contribution in [0.3, 0.4) is 0 Å². The smallest absolute Gasteiger partial charge is 0.336 e. The Morgan fingerprint density at radius 2 is 1.77 bits per heavy atom. The molecule has 1 aromatic heterocycles. The zero-order valence-corrected chi connectivity index (χ0v) is 15.1. The zero-order chi connectivity index (χ0) is 17.9. The van der Waals surface area contributed by atoms with Gasteiger partial charge in [-0.25, -0.2) is 14.8 Å². The van der Waals surface area contributed by atoms with Crippen molar-refractivity contribution in [1.82, 2.24) is 14.9 Å². The third-order valence-electron chi connectivity index (χ3n) is 4.50. The highest BCUT2D eigenvalue weighted by Crippen LogP contribution is 2.33. The minimum Gasteiger partial charge on any atom is -0.478 e. The molecule has 0 atom stereocenters. The second-order valence-electron chi connectivity index (χ2n) is 6.35. The first-order valence-electron chi connectivity index (χ1n) is 8.69. The van der Waals surface area contributed by atoms with Crippen LogP contribution < -0.4 is 0 Å². The lowest BCUT2D eigenvalue weighted by molar-refractivity contribution is 0.0693. The molecule has 1 aliphatic heterocycles. The summed E-state index contributed by atoms with van der Waals surface area (Å²) < 4.78 is 0. The lowest BCUT2D eigenvalue weighted by Gasteiger charge is -2.15. The highest BCUT2D eigenvalue weighted by molar-refractivity contribution is 7.99. The van der Waals surface area contributed by atoms with Crippen molar-refractivity contribution in [3.8, 4) is 0 Å². The highest BCUT2D eigenvalue weighted by Gasteiger charge is 2.17. The maximum absolute atomic E-state index is 11.5. The molecule has 1 saturated heterocycles. The number of aromatic nitrogens is 2. The van der Waals surface area contributed by atoms with Gasteiger partial charge >= 0.3 is 5.97 Å². The molecule has 0 aliphatic carbocycles. The van der Waals surface area contributed by atoms with Crippen LogP contribution in [0, 0.1) is 0 Å². The van der Waals surface area contributed by atoms with Gasteiger partial charge < -0.3 is 5.11 Å². The Balaban J connectivity index is 1.74. The molecule has 0 bridgehead atoms. The van der Waals surface area contributed by atoms with Crippen molar-refractivity contribution in [2.75, 3.05) is 13.1 Å². The van der Waals surface area contributed by atoms with E-state index in [2.05, 4.69) is 4.90 Å². The van der Waals surface area contributed by atoms with Crippen molar-refractivity contribution in [3.63, 3.8) is 0 Å². The first kappa shape index (κ1) is 17.0. The maximum atomic E-state index is 11.5. The first-order chi connectivity index (χ1) is 12.7. The molecule has 6 heteroatoms. The summed E-state index contributed by atoms with van der Waals surface area (Å²) in [6.45, 7) is 2.90. The van der Waals surface area contributed by atoms with E-state index in [-0.39, 0.29) is 0 Å². The lowest BCUT2D eigenvalue weighted by Crippen LogP contribution is -2.20. The van der Waals surface area contributed by atoms with Crippen LogP contribution in [0.15, 0.2) is 58.5 Å². The molecule has 0 spiro atoms. The van der Waals surface area contributed by atoms with Gasteiger partial charge in [-0.1, -0.05) is 42.1 Å². The van der Waals surface area contributed by atoms with E-state index >= 15 is 0 Å². The molecule has 1 aliphatic rings. The van der Waals surface area contributed by atoms with Crippen LogP contribution in [0.4, 0.5) is 0 Å². The molecule has 4 rings (SSSR count).